The van der Waals surface area contributed by atoms with E-state index in [0.29, 0.717) is 0 Å². The fourth-order valence-electron chi connectivity index (χ4n) is 3.82. The molecular formula is C18H27NO6. The second kappa shape index (κ2) is 6.07. The maximum Gasteiger partial charge on any atom is 0.341 e. The molecule has 3 heterocycles. The summed E-state index contributed by atoms with van der Waals surface area (Å²) in [5.41, 5.74) is -5.14. The summed E-state index contributed by atoms with van der Waals surface area (Å²) < 4.78 is 43.5. The van der Waals surface area contributed by atoms with E-state index < -0.39 is 60.2 Å². The van der Waals surface area contributed by atoms with E-state index in [-0.39, 0.29) is 18.5 Å². The quantitative estimate of drug-likeness (QED) is 0.513. The van der Waals surface area contributed by atoms with Crippen LogP contribution in [0.1, 0.15) is 39.6 Å². The topological polar surface area (TPSA) is 96.3 Å². The molecule has 0 radical (unpaired) electrons. The van der Waals surface area contributed by atoms with Crippen molar-refractivity contribution in [3.63, 3.8) is 0 Å². The summed E-state index contributed by atoms with van der Waals surface area (Å²) in [6, 6.07) is -0.961. The molecule has 3 rings (SSSR count). The Bertz CT molecular complexity index is 763. The highest BCUT2D eigenvalue weighted by Crippen LogP contribution is 2.39. The van der Waals surface area contributed by atoms with Crippen LogP contribution in [-0.4, -0.2) is 70.0 Å². The minimum absolute atomic E-state index is 0.190. The number of hydrogen-bond donors (Lipinski definition) is 2. The molecule has 2 saturated heterocycles. The van der Waals surface area contributed by atoms with Gasteiger partial charge in [0.25, 0.3) is 0 Å². The fraction of sp³-hybridized carbons (Fsp3) is 0.778. The van der Waals surface area contributed by atoms with Crippen LogP contribution in [-0.2, 0) is 19.1 Å². The van der Waals surface area contributed by atoms with Gasteiger partial charge in [-0.2, -0.15) is 0 Å². The third-order valence-corrected chi connectivity index (χ3v) is 5.49. The molecule has 2 N–H and O–H groups in total. The van der Waals surface area contributed by atoms with Gasteiger partial charge in [-0.15, -0.1) is 0 Å². The minimum Gasteiger partial charge on any atom is -0.460 e. The molecule has 25 heavy (non-hydrogen) atoms. The Morgan fingerprint density at radius 1 is 1.36 bits per heavy atom. The highest BCUT2D eigenvalue weighted by atomic mass is 16.6. The van der Waals surface area contributed by atoms with Crippen molar-refractivity contribution in [1.82, 2.24) is 4.90 Å². The molecule has 0 saturated carbocycles. The first-order valence-electron chi connectivity index (χ1n) is 10.4. The Kier molecular flexibility index (Phi) is 3.33. The molecule has 0 aromatic rings. The summed E-state index contributed by atoms with van der Waals surface area (Å²) in [7, 11) is 0. The van der Waals surface area contributed by atoms with Crippen LogP contribution in [0.25, 0.3) is 0 Å². The molecule has 3 aliphatic heterocycles. The maximum absolute atomic E-state index is 13.0. The van der Waals surface area contributed by atoms with E-state index in [4.69, 9.17) is 15.0 Å². The standard InChI is InChI=1S/C18H27NO6/c1-10(2)13-15(20)25-12-6-8-19-7-5-11(14(12)19)9-24-16(21)18(4,23)17(13,3)22/h5,10,12-14,22-23H,6-9H2,1-4H3/t12-,13+,14-,17-,18+/m1/s1/i7D2,9D2. The predicted octanol–water partition coefficient (Wildman–Crippen LogP) is 0.243. The van der Waals surface area contributed by atoms with Gasteiger partial charge >= 0.3 is 11.9 Å². The number of cyclic esters (lactones) is 1. The molecule has 0 aliphatic carbocycles. The summed E-state index contributed by atoms with van der Waals surface area (Å²) in [5.74, 6) is -4.15. The van der Waals surface area contributed by atoms with Gasteiger partial charge in [-0.3, -0.25) is 9.69 Å². The highest BCUT2D eigenvalue weighted by molar-refractivity contribution is 5.84. The summed E-state index contributed by atoms with van der Waals surface area (Å²) in [6.45, 7) is 0.740. The van der Waals surface area contributed by atoms with Crippen LogP contribution in [0.3, 0.4) is 0 Å². The van der Waals surface area contributed by atoms with E-state index >= 15 is 0 Å². The number of ether oxygens (including phenoxy) is 2. The van der Waals surface area contributed by atoms with Gasteiger partial charge in [0, 0.05) is 15.8 Å². The lowest BCUT2D eigenvalue weighted by Crippen LogP contribution is -2.63. The van der Waals surface area contributed by atoms with Crippen LogP contribution < -0.4 is 0 Å². The van der Waals surface area contributed by atoms with Crippen LogP contribution in [0.2, 0.25) is 0 Å². The van der Waals surface area contributed by atoms with E-state index in [1.54, 1.807) is 13.8 Å². The Balaban J connectivity index is 2.17. The normalized spacial score (nSPS) is 48.9. The lowest BCUT2D eigenvalue weighted by Gasteiger charge is -2.42. The van der Waals surface area contributed by atoms with Crippen molar-refractivity contribution in [2.24, 2.45) is 11.8 Å². The smallest absolute Gasteiger partial charge is 0.341 e. The van der Waals surface area contributed by atoms with Crippen molar-refractivity contribution >= 4 is 11.9 Å². The maximum atomic E-state index is 13.0. The van der Waals surface area contributed by atoms with E-state index in [0.717, 1.165) is 19.9 Å². The van der Waals surface area contributed by atoms with E-state index in [9.17, 15) is 19.8 Å². The summed E-state index contributed by atoms with van der Waals surface area (Å²) in [4.78, 5) is 27.1. The van der Waals surface area contributed by atoms with Crippen LogP contribution in [0, 0.1) is 11.8 Å². The molecule has 3 aliphatic rings. The highest BCUT2D eigenvalue weighted by Gasteiger charge is 2.58. The lowest BCUT2D eigenvalue weighted by atomic mass is 9.71. The van der Waals surface area contributed by atoms with Gasteiger partial charge < -0.3 is 19.7 Å². The van der Waals surface area contributed by atoms with Crippen LogP contribution in [0.5, 0.6) is 0 Å². The molecule has 7 heteroatoms. The van der Waals surface area contributed by atoms with Crippen molar-refractivity contribution in [2.75, 3.05) is 19.6 Å². The summed E-state index contributed by atoms with van der Waals surface area (Å²) in [6.07, 6.45) is 0.385. The monoisotopic (exact) mass is 357 g/mol. The molecular weight excluding hydrogens is 326 g/mol. The number of carbonyl (C=O) groups excluding carboxylic acids is 2. The minimum atomic E-state index is -2.78. The number of rotatable bonds is 1. The predicted molar refractivity (Wildman–Crippen MR) is 88.5 cm³/mol. The van der Waals surface area contributed by atoms with Gasteiger partial charge in [0.05, 0.1) is 14.7 Å². The molecule has 7 nitrogen and oxygen atoms in total. The van der Waals surface area contributed by atoms with E-state index in [1.165, 1.54) is 4.90 Å². The van der Waals surface area contributed by atoms with Crippen molar-refractivity contribution in [3.8, 4) is 0 Å². The first kappa shape index (κ1) is 13.7. The Morgan fingerprint density at radius 2 is 2.04 bits per heavy atom. The largest absolute Gasteiger partial charge is 0.460 e. The first-order valence-corrected chi connectivity index (χ1v) is 8.42. The number of hydrogen-bond acceptors (Lipinski definition) is 7. The van der Waals surface area contributed by atoms with E-state index in [1.807, 2.05) is 0 Å². The van der Waals surface area contributed by atoms with Gasteiger partial charge in [-0.1, -0.05) is 19.9 Å². The first-order chi connectivity index (χ1) is 13.0. The zero-order chi connectivity index (χ0) is 22.2. The van der Waals surface area contributed by atoms with Gasteiger partial charge in [0.2, 0.25) is 0 Å². The summed E-state index contributed by atoms with van der Waals surface area (Å²) >= 11 is 0. The van der Waals surface area contributed by atoms with Crippen LogP contribution in [0.15, 0.2) is 11.6 Å². The van der Waals surface area contributed by atoms with Crippen molar-refractivity contribution < 1.29 is 34.8 Å². The van der Waals surface area contributed by atoms with Crippen LogP contribution in [0.4, 0.5) is 0 Å². The Labute approximate surface area is 153 Å². The van der Waals surface area contributed by atoms with Gasteiger partial charge in [0.15, 0.2) is 5.60 Å². The number of nitrogens with zero attached hydrogens (tertiary/aromatic N) is 1. The summed E-state index contributed by atoms with van der Waals surface area (Å²) in [5, 5.41) is 21.9. The number of esters is 2. The Morgan fingerprint density at radius 3 is 2.68 bits per heavy atom. The molecule has 0 spiro atoms. The number of aliphatic hydroxyl groups is 2. The van der Waals surface area contributed by atoms with Crippen molar-refractivity contribution in [2.45, 2.75) is 57.5 Å². The van der Waals surface area contributed by atoms with Gasteiger partial charge in [-0.25, -0.2) is 4.79 Å². The average Bonchev–Trinajstić information content (AvgIpc) is 3.05. The molecule has 0 amide bonds. The third kappa shape index (κ3) is 2.78. The van der Waals surface area contributed by atoms with Crippen LogP contribution >= 0.6 is 0 Å². The molecule has 140 valence electrons. The fourth-order valence-corrected chi connectivity index (χ4v) is 3.82. The Hall–Kier alpha value is -1.44. The van der Waals surface area contributed by atoms with Gasteiger partial charge in [0.1, 0.15) is 18.3 Å². The van der Waals surface area contributed by atoms with Crippen molar-refractivity contribution in [1.29, 1.82) is 0 Å². The molecule has 0 bridgehead atoms. The molecule has 5 atom stereocenters. The molecule has 0 aromatic carbocycles. The molecule has 0 unspecified atom stereocenters. The molecule has 2 fully saturated rings. The SMILES string of the molecule is [2H]C1([2H])OC(=O)[C@](C)(O)[C@](C)(O)[C@@H](C(C)C)C(=O)O[C@@H]2CCN3[C@@H]2C1=CC3([2H])[2H]. The van der Waals surface area contributed by atoms with E-state index in [2.05, 4.69) is 0 Å². The van der Waals surface area contributed by atoms with Gasteiger partial charge in [-0.05, 0) is 31.8 Å². The zero-order valence-corrected chi connectivity index (χ0v) is 14.8. The average molecular weight is 357 g/mol. The number of carbonyl (C=O) groups is 2. The lowest BCUT2D eigenvalue weighted by molar-refractivity contribution is -0.210. The third-order valence-electron chi connectivity index (χ3n) is 5.49. The second-order valence-corrected chi connectivity index (χ2v) is 7.56. The second-order valence-electron chi connectivity index (χ2n) is 7.56. The molecule has 0 aromatic heterocycles. The zero-order valence-electron chi connectivity index (χ0n) is 18.8. The van der Waals surface area contributed by atoms with Crippen molar-refractivity contribution in [3.05, 3.63) is 11.6 Å².